The van der Waals surface area contributed by atoms with E-state index in [0.29, 0.717) is 23.2 Å². The fraction of sp³-hybridized carbons (Fsp3) is 0.0909. The molecule has 3 aromatic rings. The predicted octanol–water partition coefficient (Wildman–Crippen LogP) is 2.53. The van der Waals surface area contributed by atoms with Gasteiger partial charge in [0.2, 0.25) is 0 Å². The quantitative estimate of drug-likeness (QED) is 0.397. The van der Waals surface area contributed by atoms with Crippen molar-refractivity contribution in [2.75, 3.05) is 7.11 Å². The van der Waals surface area contributed by atoms with Crippen LogP contribution in [0.3, 0.4) is 0 Å². The lowest BCUT2D eigenvalue weighted by molar-refractivity contribution is -0.115. The van der Waals surface area contributed by atoms with Crippen molar-refractivity contribution < 1.29 is 19.1 Å². The molecule has 8 nitrogen and oxygen atoms in total. The molecular formula is C22H16N4O4. The van der Waals surface area contributed by atoms with Crippen molar-refractivity contribution in [2.24, 2.45) is 0 Å². The summed E-state index contributed by atoms with van der Waals surface area (Å²) in [7, 11) is 1.32. The van der Waals surface area contributed by atoms with Gasteiger partial charge >= 0.3 is 12.0 Å². The fourth-order valence-corrected chi connectivity index (χ4v) is 3.33. The Labute approximate surface area is 171 Å². The van der Waals surface area contributed by atoms with Gasteiger partial charge in [0, 0.05) is 29.2 Å². The van der Waals surface area contributed by atoms with Crippen LogP contribution in [0.1, 0.15) is 27.0 Å². The van der Waals surface area contributed by atoms with Crippen LogP contribution >= 0.6 is 0 Å². The lowest BCUT2D eigenvalue weighted by Gasteiger charge is -2.07. The average molecular weight is 400 g/mol. The van der Waals surface area contributed by atoms with Crippen LogP contribution in [-0.4, -0.2) is 29.6 Å². The largest absolute Gasteiger partial charge is 0.465 e. The molecule has 0 bridgehead atoms. The molecule has 4 rings (SSSR count). The maximum Gasteiger partial charge on any atom is 0.337 e. The second-order valence-corrected chi connectivity index (χ2v) is 6.71. The molecule has 8 heteroatoms. The van der Waals surface area contributed by atoms with Crippen molar-refractivity contribution in [1.29, 1.82) is 5.26 Å². The van der Waals surface area contributed by atoms with Gasteiger partial charge in [0.15, 0.2) is 0 Å². The highest BCUT2D eigenvalue weighted by Gasteiger charge is 2.23. The third kappa shape index (κ3) is 3.52. The molecule has 0 radical (unpaired) electrons. The number of methoxy groups -OCH3 is 1. The Hall–Kier alpha value is -4.38. The molecule has 0 saturated carbocycles. The fourth-order valence-electron chi connectivity index (χ4n) is 3.33. The summed E-state index contributed by atoms with van der Waals surface area (Å²) in [5, 5.41) is 14.4. The highest BCUT2D eigenvalue weighted by atomic mass is 16.5. The first-order valence-corrected chi connectivity index (χ1v) is 9.03. The van der Waals surface area contributed by atoms with E-state index < -0.39 is 17.9 Å². The number of imide groups is 1. The Morgan fingerprint density at radius 2 is 1.93 bits per heavy atom. The van der Waals surface area contributed by atoms with Crippen LogP contribution in [0.5, 0.6) is 0 Å². The van der Waals surface area contributed by atoms with Gasteiger partial charge in [-0.05, 0) is 35.9 Å². The van der Waals surface area contributed by atoms with Gasteiger partial charge in [-0.15, -0.1) is 0 Å². The second-order valence-electron chi connectivity index (χ2n) is 6.71. The standard InChI is InChI=1S/C22H16N4O4/c1-30-21(28)15-6-7-17-16(8-18-20(27)25-22(29)24-18)12-26(19(17)9-15)11-14-4-2-13(10-23)3-5-14/h2-9,12H,11H2,1H3,(H2,24,25,27,29)/b18-8-. The first-order chi connectivity index (χ1) is 14.5. The number of carbonyl (C=O) groups is 3. The number of nitrogens with one attached hydrogen (secondary N) is 2. The molecule has 1 saturated heterocycles. The van der Waals surface area contributed by atoms with E-state index in [0.717, 1.165) is 16.5 Å². The lowest BCUT2D eigenvalue weighted by Crippen LogP contribution is -2.22. The minimum Gasteiger partial charge on any atom is -0.465 e. The first-order valence-electron chi connectivity index (χ1n) is 9.03. The summed E-state index contributed by atoms with van der Waals surface area (Å²) in [6, 6.07) is 13.9. The molecule has 0 aliphatic carbocycles. The average Bonchev–Trinajstić information content (AvgIpc) is 3.26. The summed E-state index contributed by atoms with van der Waals surface area (Å²) in [4.78, 5) is 35.3. The highest BCUT2D eigenvalue weighted by Crippen LogP contribution is 2.26. The van der Waals surface area contributed by atoms with E-state index >= 15 is 0 Å². The normalized spacial score (nSPS) is 14.5. The number of nitrogens with zero attached hydrogens (tertiary/aromatic N) is 2. The van der Waals surface area contributed by atoms with Gasteiger partial charge in [-0.2, -0.15) is 5.26 Å². The van der Waals surface area contributed by atoms with Crippen molar-refractivity contribution in [3.8, 4) is 6.07 Å². The van der Waals surface area contributed by atoms with E-state index in [1.165, 1.54) is 7.11 Å². The number of benzene rings is 2. The predicted molar refractivity (Wildman–Crippen MR) is 108 cm³/mol. The van der Waals surface area contributed by atoms with E-state index in [4.69, 9.17) is 10.00 Å². The SMILES string of the molecule is COC(=O)c1ccc2c(/C=C3\NC(=O)NC3=O)cn(Cc3ccc(C#N)cc3)c2c1. The summed E-state index contributed by atoms with van der Waals surface area (Å²) in [5.41, 5.74) is 3.55. The lowest BCUT2D eigenvalue weighted by atomic mass is 10.1. The van der Waals surface area contributed by atoms with E-state index in [1.54, 1.807) is 36.4 Å². The van der Waals surface area contributed by atoms with E-state index in [9.17, 15) is 14.4 Å². The Bertz CT molecular complexity index is 1260. The summed E-state index contributed by atoms with van der Waals surface area (Å²) < 4.78 is 6.75. The molecule has 1 aliphatic heterocycles. The van der Waals surface area contributed by atoms with Crippen LogP contribution in [0.2, 0.25) is 0 Å². The maximum atomic E-state index is 12.0. The van der Waals surface area contributed by atoms with Gasteiger partial charge in [0.05, 0.1) is 24.3 Å². The highest BCUT2D eigenvalue weighted by molar-refractivity contribution is 6.14. The maximum absolute atomic E-state index is 12.0. The molecule has 2 N–H and O–H groups in total. The molecule has 0 unspecified atom stereocenters. The zero-order valence-electron chi connectivity index (χ0n) is 15.9. The van der Waals surface area contributed by atoms with Crippen LogP contribution < -0.4 is 10.6 Å². The van der Waals surface area contributed by atoms with E-state index in [2.05, 4.69) is 16.7 Å². The molecule has 0 spiro atoms. The van der Waals surface area contributed by atoms with Crippen LogP contribution in [-0.2, 0) is 16.1 Å². The smallest absolute Gasteiger partial charge is 0.337 e. The van der Waals surface area contributed by atoms with E-state index in [1.807, 2.05) is 22.9 Å². The van der Waals surface area contributed by atoms with Crippen LogP contribution in [0, 0.1) is 11.3 Å². The molecule has 1 aliphatic rings. The number of fused-ring (bicyclic) bond motifs is 1. The molecule has 1 fully saturated rings. The van der Waals surface area contributed by atoms with E-state index in [-0.39, 0.29) is 5.70 Å². The van der Waals surface area contributed by atoms with Crippen molar-refractivity contribution in [2.45, 2.75) is 6.54 Å². The van der Waals surface area contributed by atoms with Crippen LogP contribution in [0.4, 0.5) is 4.79 Å². The van der Waals surface area contributed by atoms with Crippen LogP contribution in [0.15, 0.2) is 54.4 Å². The van der Waals surface area contributed by atoms with Gasteiger partial charge in [0.1, 0.15) is 5.70 Å². The Morgan fingerprint density at radius 1 is 1.17 bits per heavy atom. The summed E-state index contributed by atoms with van der Waals surface area (Å²) in [6.07, 6.45) is 3.43. The molecule has 148 valence electrons. The minimum atomic E-state index is -0.569. The van der Waals surface area contributed by atoms with Gasteiger partial charge < -0.3 is 14.6 Å². The number of carbonyl (C=O) groups excluding carboxylic acids is 3. The number of hydrogen-bond donors (Lipinski definition) is 2. The van der Waals surface area contributed by atoms with Gasteiger partial charge in [0.25, 0.3) is 5.91 Å². The van der Waals surface area contributed by atoms with Gasteiger partial charge in [-0.25, -0.2) is 9.59 Å². The molecule has 30 heavy (non-hydrogen) atoms. The van der Waals surface area contributed by atoms with Crippen molar-refractivity contribution in [3.05, 3.63) is 76.6 Å². The molecule has 2 heterocycles. The molecule has 3 amide bonds. The number of ether oxygens (including phenoxy) is 1. The second kappa shape index (κ2) is 7.56. The Kier molecular flexibility index (Phi) is 4.78. The number of urea groups is 1. The molecule has 0 atom stereocenters. The van der Waals surface area contributed by atoms with Crippen molar-refractivity contribution in [3.63, 3.8) is 0 Å². The third-order valence-corrected chi connectivity index (χ3v) is 4.79. The first kappa shape index (κ1) is 19.0. The number of rotatable bonds is 4. The van der Waals surface area contributed by atoms with Gasteiger partial charge in [-0.1, -0.05) is 18.2 Å². The number of esters is 1. The number of amides is 3. The zero-order chi connectivity index (χ0) is 21.3. The molecular weight excluding hydrogens is 384 g/mol. The minimum absolute atomic E-state index is 0.148. The summed E-state index contributed by atoms with van der Waals surface area (Å²) in [5.74, 6) is -0.954. The zero-order valence-corrected chi connectivity index (χ0v) is 15.9. The number of hydrogen-bond acceptors (Lipinski definition) is 5. The third-order valence-electron chi connectivity index (χ3n) is 4.79. The molecule has 2 aromatic carbocycles. The van der Waals surface area contributed by atoms with Gasteiger partial charge in [-0.3, -0.25) is 10.1 Å². The monoisotopic (exact) mass is 400 g/mol. The number of aromatic nitrogens is 1. The Morgan fingerprint density at radius 3 is 2.57 bits per heavy atom. The van der Waals surface area contributed by atoms with Crippen molar-refractivity contribution >= 4 is 34.9 Å². The Balaban J connectivity index is 1.81. The topological polar surface area (TPSA) is 113 Å². The molecule has 1 aromatic heterocycles. The summed E-state index contributed by atoms with van der Waals surface area (Å²) in [6.45, 7) is 0.481. The number of nitriles is 1. The van der Waals surface area contributed by atoms with Crippen LogP contribution in [0.25, 0.3) is 17.0 Å². The summed E-state index contributed by atoms with van der Waals surface area (Å²) >= 11 is 0. The van der Waals surface area contributed by atoms with Crippen molar-refractivity contribution in [1.82, 2.24) is 15.2 Å².